The van der Waals surface area contributed by atoms with Crippen molar-refractivity contribution in [2.24, 2.45) is 0 Å². The largest absolute Gasteiger partial charge is 0.543 e. The van der Waals surface area contributed by atoms with E-state index in [1.807, 2.05) is 27.7 Å². The molecule has 7 heteroatoms. The molecule has 0 amide bonds. The lowest BCUT2D eigenvalue weighted by Gasteiger charge is -2.34. The van der Waals surface area contributed by atoms with Crippen molar-refractivity contribution < 1.29 is 27.9 Å². The molecule has 1 aromatic rings. The van der Waals surface area contributed by atoms with E-state index in [9.17, 15) is 9.90 Å². The molecule has 1 unspecified atom stereocenters. The maximum Gasteiger partial charge on any atom is 0.543 e. The number of ketones is 1. The summed E-state index contributed by atoms with van der Waals surface area (Å²) in [6.07, 6.45) is 0.663. The third-order valence-electron chi connectivity index (χ3n) is 3.75. The van der Waals surface area contributed by atoms with Gasteiger partial charge in [0.05, 0.1) is 0 Å². The number of aliphatic hydroxyl groups is 1. The molecule has 0 spiro atoms. The van der Waals surface area contributed by atoms with Crippen LogP contribution in [0.1, 0.15) is 58.3 Å². The van der Waals surface area contributed by atoms with Gasteiger partial charge in [-0.25, -0.2) is 0 Å². The quantitative estimate of drug-likeness (QED) is 0.440. The molecule has 0 aliphatic heterocycles. The molecule has 26 heavy (non-hydrogen) atoms. The van der Waals surface area contributed by atoms with Gasteiger partial charge in [-0.1, -0.05) is 6.92 Å². The van der Waals surface area contributed by atoms with Crippen LogP contribution in [-0.2, 0) is 13.3 Å². The molecule has 1 rings (SSSR count). The second-order valence-electron chi connectivity index (χ2n) is 6.33. The predicted octanol–water partition coefficient (Wildman–Crippen LogP) is 3.39. The highest BCUT2D eigenvalue weighted by atomic mass is 28.4. The lowest BCUT2D eigenvalue weighted by molar-refractivity contribution is 0.0283. The highest BCUT2D eigenvalue weighted by Gasteiger charge is 2.50. The summed E-state index contributed by atoms with van der Waals surface area (Å²) in [5.41, 5.74) is -1.33. The summed E-state index contributed by atoms with van der Waals surface area (Å²) in [6.45, 7) is 12.1. The first kappa shape index (κ1) is 22.8. The lowest BCUT2D eigenvalue weighted by Crippen LogP contribution is -2.58. The molecule has 148 valence electrons. The standard InChI is InChI=1S/C19H32O6Si/c1-7-17(26(22-8-2,23-9-3)24-10-4)25-16-13-11-15(12-14-16)18(20)19(5,6)21/h11-14,17,21H,7-10H2,1-6H3. The van der Waals surface area contributed by atoms with E-state index in [1.165, 1.54) is 13.8 Å². The number of rotatable bonds is 12. The minimum Gasteiger partial charge on any atom is -0.486 e. The van der Waals surface area contributed by atoms with E-state index in [0.717, 1.165) is 0 Å². The van der Waals surface area contributed by atoms with Gasteiger partial charge < -0.3 is 23.1 Å². The Morgan fingerprint density at radius 1 is 1.00 bits per heavy atom. The smallest absolute Gasteiger partial charge is 0.486 e. The molecule has 0 heterocycles. The fraction of sp³-hybridized carbons (Fsp3) is 0.632. The first-order valence-electron chi connectivity index (χ1n) is 9.19. The van der Waals surface area contributed by atoms with Crippen LogP contribution in [-0.4, -0.2) is 50.8 Å². The van der Waals surface area contributed by atoms with E-state index in [2.05, 4.69) is 0 Å². The summed E-state index contributed by atoms with van der Waals surface area (Å²) in [5, 5.41) is 9.85. The number of ether oxygens (including phenoxy) is 1. The average molecular weight is 385 g/mol. The Labute approximate surface area is 157 Å². The van der Waals surface area contributed by atoms with Gasteiger partial charge in [0.15, 0.2) is 11.5 Å². The fourth-order valence-corrected chi connectivity index (χ4v) is 5.41. The van der Waals surface area contributed by atoms with Crippen molar-refractivity contribution in [3.05, 3.63) is 29.8 Å². The molecular formula is C19H32O6Si. The summed E-state index contributed by atoms with van der Waals surface area (Å²) in [6, 6.07) is 6.72. The topological polar surface area (TPSA) is 74.2 Å². The van der Waals surface area contributed by atoms with Crippen LogP contribution in [0.2, 0.25) is 0 Å². The average Bonchev–Trinajstić information content (AvgIpc) is 2.59. The molecule has 0 saturated carbocycles. The summed E-state index contributed by atoms with van der Waals surface area (Å²) < 4.78 is 23.9. The zero-order valence-electron chi connectivity index (χ0n) is 16.7. The predicted molar refractivity (Wildman–Crippen MR) is 102 cm³/mol. The van der Waals surface area contributed by atoms with Gasteiger partial charge in [0.1, 0.15) is 11.4 Å². The van der Waals surface area contributed by atoms with Crippen LogP contribution in [0.25, 0.3) is 0 Å². The van der Waals surface area contributed by atoms with Crippen LogP contribution >= 0.6 is 0 Å². The molecule has 1 N–H and O–H groups in total. The molecule has 0 aromatic heterocycles. The normalized spacial score (nSPS) is 13.5. The van der Waals surface area contributed by atoms with Crippen LogP contribution in [0.3, 0.4) is 0 Å². The second kappa shape index (κ2) is 10.2. The lowest BCUT2D eigenvalue weighted by atomic mass is 9.97. The Morgan fingerprint density at radius 3 is 1.81 bits per heavy atom. The van der Waals surface area contributed by atoms with Crippen molar-refractivity contribution in [1.29, 1.82) is 0 Å². The van der Waals surface area contributed by atoms with Crippen molar-refractivity contribution in [2.45, 2.75) is 59.3 Å². The monoisotopic (exact) mass is 384 g/mol. The van der Waals surface area contributed by atoms with Crippen LogP contribution in [0.15, 0.2) is 24.3 Å². The zero-order valence-corrected chi connectivity index (χ0v) is 17.7. The SMILES string of the molecule is CCO[Si](OCC)(OCC)C(CC)Oc1ccc(C(=O)C(C)(C)O)cc1. The van der Waals surface area contributed by atoms with Gasteiger partial charge in [-0.3, -0.25) is 4.79 Å². The first-order valence-corrected chi connectivity index (χ1v) is 11.0. The Hall–Kier alpha value is -1.25. The number of Topliss-reactive ketones (excluding diaryl/α,β-unsaturated/α-hetero) is 1. The molecule has 0 aliphatic carbocycles. The fourth-order valence-electron chi connectivity index (χ4n) is 2.62. The van der Waals surface area contributed by atoms with Crippen LogP contribution < -0.4 is 4.74 Å². The van der Waals surface area contributed by atoms with Crippen LogP contribution in [0.5, 0.6) is 5.75 Å². The van der Waals surface area contributed by atoms with E-state index in [4.69, 9.17) is 18.0 Å². The molecule has 0 radical (unpaired) electrons. The van der Waals surface area contributed by atoms with Crippen molar-refractivity contribution >= 4 is 14.6 Å². The van der Waals surface area contributed by atoms with Crippen molar-refractivity contribution in [2.75, 3.05) is 19.8 Å². The molecule has 1 atom stereocenters. The van der Waals surface area contributed by atoms with Gasteiger partial charge in [-0.2, -0.15) is 0 Å². The van der Waals surface area contributed by atoms with Gasteiger partial charge in [-0.15, -0.1) is 0 Å². The third kappa shape index (κ3) is 5.89. The molecule has 0 fully saturated rings. The first-order chi connectivity index (χ1) is 12.2. The van der Waals surface area contributed by atoms with E-state index < -0.39 is 14.4 Å². The molecular weight excluding hydrogens is 352 g/mol. The summed E-state index contributed by atoms with van der Waals surface area (Å²) >= 11 is 0. The minimum absolute atomic E-state index is 0.335. The van der Waals surface area contributed by atoms with Gasteiger partial charge in [-0.05, 0) is 65.3 Å². The number of hydrogen-bond donors (Lipinski definition) is 1. The number of benzene rings is 1. The van der Waals surface area contributed by atoms with E-state index >= 15 is 0 Å². The Morgan fingerprint density at radius 2 is 1.46 bits per heavy atom. The zero-order chi connectivity index (χ0) is 19.8. The van der Waals surface area contributed by atoms with Crippen LogP contribution in [0.4, 0.5) is 0 Å². The van der Waals surface area contributed by atoms with Crippen molar-refractivity contribution in [3.8, 4) is 5.75 Å². The maximum atomic E-state index is 12.1. The van der Waals surface area contributed by atoms with E-state index in [-0.39, 0.29) is 11.5 Å². The highest BCUT2D eigenvalue weighted by Crippen LogP contribution is 2.25. The van der Waals surface area contributed by atoms with Crippen molar-refractivity contribution in [1.82, 2.24) is 0 Å². The molecule has 1 aromatic carbocycles. The van der Waals surface area contributed by atoms with Crippen molar-refractivity contribution in [3.63, 3.8) is 0 Å². The van der Waals surface area contributed by atoms with Gasteiger partial charge in [0, 0.05) is 25.4 Å². The molecule has 0 saturated heterocycles. The van der Waals surface area contributed by atoms with Gasteiger partial charge in [0.25, 0.3) is 0 Å². The number of carbonyl (C=O) groups is 1. The number of hydrogen-bond acceptors (Lipinski definition) is 6. The Balaban J connectivity index is 3.02. The third-order valence-corrected chi connectivity index (χ3v) is 7.14. The minimum atomic E-state index is -3.00. The summed E-state index contributed by atoms with van der Waals surface area (Å²) in [5.74, 6) is 0.262. The number of carbonyl (C=O) groups excluding carboxylic acids is 1. The second-order valence-corrected chi connectivity index (χ2v) is 9.05. The summed E-state index contributed by atoms with van der Waals surface area (Å²) in [4.78, 5) is 12.1. The highest BCUT2D eigenvalue weighted by molar-refractivity contribution is 6.62. The van der Waals surface area contributed by atoms with E-state index in [0.29, 0.717) is 37.6 Å². The Kier molecular flexibility index (Phi) is 8.92. The Bertz CT molecular complexity index is 535. The van der Waals surface area contributed by atoms with Gasteiger partial charge >= 0.3 is 8.80 Å². The summed E-state index contributed by atoms with van der Waals surface area (Å²) in [7, 11) is -3.00. The van der Waals surface area contributed by atoms with Gasteiger partial charge in [0.2, 0.25) is 0 Å². The van der Waals surface area contributed by atoms with Crippen LogP contribution in [0, 0.1) is 0 Å². The molecule has 0 bridgehead atoms. The van der Waals surface area contributed by atoms with E-state index in [1.54, 1.807) is 24.3 Å². The molecule has 6 nitrogen and oxygen atoms in total. The maximum absolute atomic E-state index is 12.1. The molecule has 0 aliphatic rings.